The van der Waals surface area contributed by atoms with Gasteiger partial charge in [0.25, 0.3) is 0 Å². The van der Waals surface area contributed by atoms with Crippen molar-refractivity contribution in [3.8, 4) is 0 Å². The van der Waals surface area contributed by atoms with Crippen LogP contribution < -0.4 is 5.32 Å². The molecule has 1 aromatic heterocycles. The predicted octanol–water partition coefficient (Wildman–Crippen LogP) is 2.08. The van der Waals surface area contributed by atoms with Gasteiger partial charge < -0.3 is 5.32 Å². The second kappa shape index (κ2) is 7.72. The van der Waals surface area contributed by atoms with Gasteiger partial charge in [-0.25, -0.2) is 8.42 Å². The summed E-state index contributed by atoms with van der Waals surface area (Å²) in [5, 5.41) is 3.43. The molecule has 0 spiro atoms. The molecule has 1 saturated heterocycles. The van der Waals surface area contributed by atoms with Crippen LogP contribution in [0.2, 0.25) is 0 Å². The first kappa shape index (κ1) is 20.9. The first-order chi connectivity index (χ1) is 15.4. The van der Waals surface area contributed by atoms with Gasteiger partial charge in [-0.3, -0.25) is 9.69 Å². The van der Waals surface area contributed by atoms with Gasteiger partial charge in [-0.2, -0.15) is 13.1 Å². The van der Waals surface area contributed by atoms with Crippen LogP contribution in [0.25, 0.3) is 11.0 Å². The van der Waals surface area contributed by atoms with E-state index in [1.165, 1.54) is 23.6 Å². The fraction of sp³-hybridized carbons (Fsp3) is 0.682. The number of fused-ring (bicyclic) bond motifs is 1. The van der Waals surface area contributed by atoms with E-state index in [2.05, 4.69) is 19.0 Å². The largest absolute Gasteiger partial charge is 0.350 e. The Morgan fingerprint density at radius 3 is 2.34 bits per heavy atom. The zero-order chi connectivity index (χ0) is 21.9. The summed E-state index contributed by atoms with van der Waals surface area (Å²) >= 11 is 1.02. The van der Waals surface area contributed by atoms with Crippen LogP contribution in [-0.2, 0) is 14.8 Å². The van der Waals surface area contributed by atoms with E-state index in [9.17, 15) is 13.2 Å². The van der Waals surface area contributed by atoms with Crippen molar-refractivity contribution in [2.45, 2.75) is 49.0 Å². The zero-order valence-electron chi connectivity index (χ0n) is 18.1. The Kier molecular flexibility index (Phi) is 5.05. The van der Waals surface area contributed by atoms with Crippen molar-refractivity contribution < 1.29 is 13.2 Å². The molecule has 8 nitrogen and oxygen atoms in total. The van der Waals surface area contributed by atoms with E-state index in [4.69, 9.17) is 0 Å². The van der Waals surface area contributed by atoms with E-state index in [1.807, 2.05) is 0 Å². The Morgan fingerprint density at radius 1 is 1.03 bits per heavy atom. The molecule has 32 heavy (non-hydrogen) atoms. The van der Waals surface area contributed by atoms with Gasteiger partial charge >= 0.3 is 0 Å². The molecule has 2 aromatic rings. The molecule has 10 heteroatoms. The molecular formula is C22H29N5O3S2. The lowest BCUT2D eigenvalue weighted by Crippen LogP contribution is -2.61. The standard InChI is InChI=1S/C22H29N5O3S2/c28-20(23-22-11-15-8-16(12-22)10-17(9-15)13-22)14-26-4-6-27(7-5-26)32(29,30)19-3-1-2-18-21(19)25-31-24-18/h1-3,15-17H,4-14H2,(H,23,28). The van der Waals surface area contributed by atoms with Crippen LogP contribution in [0.4, 0.5) is 0 Å². The molecule has 1 amide bonds. The highest BCUT2D eigenvalue weighted by atomic mass is 32.2. The van der Waals surface area contributed by atoms with Crippen LogP contribution in [0.5, 0.6) is 0 Å². The van der Waals surface area contributed by atoms with Crippen molar-refractivity contribution >= 4 is 38.7 Å². The monoisotopic (exact) mass is 475 g/mol. The van der Waals surface area contributed by atoms with Gasteiger partial charge in [0.1, 0.15) is 15.9 Å². The van der Waals surface area contributed by atoms with Crippen molar-refractivity contribution in [2.24, 2.45) is 17.8 Å². The molecule has 0 radical (unpaired) electrons. The molecule has 1 aromatic carbocycles. The van der Waals surface area contributed by atoms with Crippen molar-refractivity contribution in [3.63, 3.8) is 0 Å². The lowest BCUT2D eigenvalue weighted by Gasteiger charge is -2.57. The van der Waals surface area contributed by atoms with Crippen LogP contribution in [0.1, 0.15) is 38.5 Å². The Hall–Kier alpha value is -1.62. The number of hydrogen-bond acceptors (Lipinski definition) is 7. The van der Waals surface area contributed by atoms with E-state index < -0.39 is 10.0 Å². The number of carbonyl (C=O) groups excluding carboxylic acids is 1. The molecule has 4 bridgehead atoms. The van der Waals surface area contributed by atoms with E-state index >= 15 is 0 Å². The number of nitrogens with zero attached hydrogens (tertiary/aromatic N) is 4. The number of hydrogen-bond donors (Lipinski definition) is 1. The molecule has 2 heterocycles. The van der Waals surface area contributed by atoms with Gasteiger partial charge in [-0.1, -0.05) is 6.07 Å². The molecule has 5 aliphatic rings. The van der Waals surface area contributed by atoms with Gasteiger partial charge in [0, 0.05) is 31.7 Å². The summed E-state index contributed by atoms with van der Waals surface area (Å²) in [6, 6.07) is 5.09. The molecule has 4 aliphatic carbocycles. The minimum absolute atomic E-state index is 0.0250. The van der Waals surface area contributed by atoms with Crippen molar-refractivity contribution in [1.29, 1.82) is 0 Å². The smallest absolute Gasteiger partial charge is 0.245 e. The molecule has 5 fully saturated rings. The SMILES string of the molecule is O=C(CN1CCN(S(=O)(=O)c2cccc3nsnc23)CC1)NC12CC3CC(CC(C3)C1)C2. The highest BCUT2D eigenvalue weighted by molar-refractivity contribution is 7.89. The first-order valence-corrected chi connectivity index (χ1v) is 13.8. The lowest BCUT2D eigenvalue weighted by atomic mass is 9.53. The highest BCUT2D eigenvalue weighted by Gasteiger charge is 2.51. The summed E-state index contributed by atoms with van der Waals surface area (Å²) in [5.74, 6) is 2.49. The van der Waals surface area contributed by atoms with Gasteiger partial charge in [0.05, 0.1) is 18.3 Å². The topological polar surface area (TPSA) is 95.5 Å². The second-order valence-electron chi connectivity index (χ2n) is 10.3. The molecule has 4 saturated carbocycles. The molecule has 7 rings (SSSR count). The third-order valence-corrected chi connectivity index (χ3v) is 10.5. The third kappa shape index (κ3) is 3.65. The number of piperazine rings is 1. The lowest BCUT2D eigenvalue weighted by molar-refractivity contribution is -0.128. The molecule has 0 atom stereocenters. The quantitative estimate of drug-likeness (QED) is 0.712. The van der Waals surface area contributed by atoms with Crippen LogP contribution >= 0.6 is 11.7 Å². The maximum absolute atomic E-state index is 13.2. The first-order valence-electron chi connectivity index (χ1n) is 11.7. The number of carbonyl (C=O) groups is 1. The van der Waals surface area contributed by atoms with Gasteiger partial charge in [0.2, 0.25) is 15.9 Å². The van der Waals surface area contributed by atoms with E-state index in [-0.39, 0.29) is 16.3 Å². The van der Waals surface area contributed by atoms with Crippen molar-refractivity contribution in [1.82, 2.24) is 23.3 Å². The number of rotatable bonds is 5. The fourth-order valence-corrected chi connectivity index (χ4v) is 9.23. The average Bonchev–Trinajstić information content (AvgIpc) is 3.21. The summed E-state index contributed by atoms with van der Waals surface area (Å²) in [7, 11) is -3.64. The fourth-order valence-electron chi connectivity index (χ4n) is 7.06. The second-order valence-corrected chi connectivity index (χ2v) is 12.7. The molecule has 0 unspecified atom stereocenters. The minimum atomic E-state index is -3.64. The number of amides is 1. The maximum atomic E-state index is 13.2. The minimum Gasteiger partial charge on any atom is -0.350 e. The van der Waals surface area contributed by atoms with Crippen molar-refractivity contribution in [2.75, 3.05) is 32.7 Å². The number of nitrogens with one attached hydrogen (secondary N) is 1. The van der Waals surface area contributed by atoms with E-state index in [0.29, 0.717) is 43.8 Å². The number of benzene rings is 1. The number of sulfonamides is 1. The van der Waals surface area contributed by atoms with Crippen LogP contribution in [0.15, 0.2) is 23.1 Å². The normalized spacial score (nSPS) is 33.1. The highest BCUT2D eigenvalue weighted by Crippen LogP contribution is 2.55. The summed E-state index contributed by atoms with van der Waals surface area (Å²) in [6.07, 6.45) is 7.51. The van der Waals surface area contributed by atoms with Crippen LogP contribution in [0.3, 0.4) is 0 Å². The molecule has 1 N–H and O–H groups in total. The summed E-state index contributed by atoms with van der Waals surface area (Å²) < 4.78 is 36.3. The van der Waals surface area contributed by atoms with E-state index in [1.54, 1.807) is 18.2 Å². The number of aromatic nitrogens is 2. The average molecular weight is 476 g/mol. The van der Waals surface area contributed by atoms with E-state index in [0.717, 1.165) is 48.7 Å². The van der Waals surface area contributed by atoms with Gasteiger partial charge in [-0.05, 0) is 68.4 Å². The van der Waals surface area contributed by atoms with Crippen LogP contribution in [-0.4, -0.2) is 70.5 Å². The Labute approximate surface area is 192 Å². The van der Waals surface area contributed by atoms with Crippen molar-refractivity contribution in [3.05, 3.63) is 18.2 Å². The Bertz CT molecular complexity index is 1100. The summed E-state index contributed by atoms with van der Waals surface area (Å²) in [6.45, 7) is 2.21. The third-order valence-electron chi connectivity index (χ3n) is 8.01. The molecular weight excluding hydrogens is 446 g/mol. The molecule has 172 valence electrons. The van der Waals surface area contributed by atoms with Crippen LogP contribution in [0, 0.1) is 17.8 Å². The van der Waals surface area contributed by atoms with Gasteiger partial charge in [0.15, 0.2) is 0 Å². The Morgan fingerprint density at radius 2 is 1.69 bits per heavy atom. The maximum Gasteiger partial charge on any atom is 0.245 e. The summed E-state index contributed by atoms with van der Waals surface area (Å²) in [4.78, 5) is 15.2. The Balaban J connectivity index is 1.07. The molecule has 1 aliphatic heterocycles. The predicted molar refractivity (Wildman–Crippen MR) is 122 cm³/mol. The summed E-state index contributed by atoms with van der Waals surface area (Å²) in [5.41, 5.74) is 1.07. The zero-order valence-corrected chi connectivity index (χ0v) is 19.7. The van der Waals surface area contributed by atoms with Gasteiger partial charge in [-0.15, -0.1) is 0 Å².